The lowest BCUT2D eigenvalue weighted by Gasteiger charge is -2.55. The number of carboxylic acids is 1. The molecule has 1 N–H and O–H groups in total. The lowest BCUT2D eigenvalue weighted by atomic mass is 10.7. The predicted octanol–water partition coefficient (Wildman–Crippen LogP) is 3.87. The Kier molecular flexibility index (Phi) is 5.24. The first kappa shape index (κ1) is 18.1. The highest BCUT2D eigenvalue weighted by Gasteiger charge is 2.59. The number of hydrogen-bond acceptors (Lipinski definition) is 1. The molecule has 0 aliphatic heterocycles. The summed E-state index contributed by atoms with van der Waals surface area (Å²) < 4.78 is 0. The van der Waals surface area contributed by atoms with Crippen LogP contribution in [0.5, 0.6) is 0 Å². The van der Waals surface area contributed by atoms with Crippen molar-refractivity contribution in [2.75, 3.05) is 0 Å². The molecule has 0 aliphatic rings. The normalized spacial score (nSPS) is 15.2. The summed E-state index contributed by atoms with van der Waals surface area (Å²) in [5.74, 6) is -0.776. The number of carboxylic acid groups (broad SMARTS) is 1. The van der Waals surface area contributed by atoms with E-state index in [1.165, 1.54) is 6.08 Å². The maximum atomic E-state index is 11.0. The monoisotopic (exact) mass is 318 g/mol. The standard InChI is InChI=1S/C12H30O2Si4/c1-15(2,3)18(16(4,5)6,17(7,8)9)11-10-12(13)14/h10-11H,1-9H3,(H,13,14)/b11-10-. The average Bonchev–Trinajstić information content (AvgIpc) is 1.94. The SMILES string of the molecule is C[Si](C)(C)[Si](/C=C\C(=O)O)([Si](C)(C)C)[Si](C)(C)C. The molecule has 106 valence electrons. The first-order chi connectivity index (χ1) is 7.67. The minimum atomic E-state index is -1.61. The van der Waals surface area contributed by atoms with Gasteiger partial charge < -0.3 is 5.11 Å². The summed E-state index contributed by atoms with van der Waals surface area (Å²) in [6, 6.07) is 0. The third-order valence-electron chi connectivity index (χ3n) is 4.02. The topological polar surface area (TPSA) is 37.3 Å². The predicted molar refractivity (Wildman–Crippen MR) is 92.6 cm³/mol. The van der Waals surface area contributed by atoms with Gasteiger partial charge in [0.25, 0.3) is 0 Å². The highest BCUT2D eigenvalue weighted by atomic mass is 29.9. The summed E-state index contributed by atoms with van der Waals surface area (Å²) in [6.45, 7) is 20.5. The van der Waals surface area contributed by atoms with Crippen molar-refractivity contribution in [3.8, 4) is 0 Å². The van der Waals surface area contributed by atoms with Crippen molar-refractivity contribution in [1.29, 1.82) is 0 Å². The summed E-state index contributed by atoms with van der Waals surface area (Å²) in [6.07, 6.45) is 1.47. The summed E-state index contributed by atoms with van der Waals surface area (Å²) in [4.78, 5) is 11.0. The van der Waals surface area contributed by atoms with Crippen LogP contribution in [0.25, 0.3) is 0 Å². The molecule has 0 aliphatic carbocycles. The van der Waals surface area contributed by atoms with Crippen molar-refractivity contribution in [2.45, 2.75) is 58.9 Å². The zero-order valence-corrected chi connectivity index (χ0v) is 17.5. The molecule has 2 nitrogen and oxygen atoms in total. The van der Waals surface area contributed by atoms with Crippen molar-refractivity contribution in [3.05, 3.63) is 11.8 Å². The van der Waals surface area contributed by atoms with Crippen LogP contribution in [0.1, 0.15) is 0 Å². The van der Waals surface area contributed by atoms with Crippen LogP contribution in [0, 0.1) is 0 Å². The number of aliphatic carboxylic acids is 1. The third kappa shape index (κ3) is 3.34. The Hall–Kier alpha value is 0.0775. The van der Waals surface area contributed by atoms with Gasteiger partial charge in [-0.05, 0) is 0 Å². The van der Waals surface area contributed by atoms with Gasteiger partial charge in [0.1, 0.15) is 0 Å². The maximum Gasteiger partial charge on any atom is 0.327 e. The van der Waals surface area contributed by atoms with Crippen LogP contribution < -0.4 is 0 Å². The molecule has 18 heavy (non-hydrogen) atoms. The Morgan fingerprint density at radius 2 is 1.06 bits per heavy atom. The Morgan fingerprint density at radius 1 is 0.778 bits per heavy atom. The molecule has 6 heteroatoms. The van der Waals surface area contributed by atoms with E-state index in [-0.39, 0.29) is 0 Å². The smallest absolute Gasteiger partial charge is 0.327 e. The molecule has 0 aromatic heterocycles. The zero-order chi connectivity index (χ0) is 15.0. The summed E-state index contributed by atoms with van der Waals surface area (Å²) in [5.41, 5.74) is 2.24. The molecule has 0 fully saturated rings. The van der Waals surface area contributed by atoms with E-state index in [9.17, 15) is 4.79 Å². The summed E-state index contributed by atoms with van der Waals surface area (Å²) in [5, 5.41) is 9.06. The Balaban J connectivity index is 6.18. The lowest BCUT2D eigenvalue weighted by Crippen LogP contribution is -2.81. The van der Waals surface area contributed by atoms with Crippen molar-refractivity contribution in [2.24, 2.45) is 0 Å². The van der Waals surface area contributed by atoms with Crippen LogP contribution in [0.4, 0.5) is 0 Å². The van der Waals surface area contributed by atoms with Crippen molar-refractivity contribution in [1.82, 2.24) is 0 Å². The largest absolute Gasteiger partial charge is 0.478 e. The number of carbonyl (C=O) groups is 1. The quantitative estimate of drug-likeness (QED) is 0.617. The van der Waals surface area contributed by atoms with E-state index in [4.69, 9.17) is 5.11 Å². The molecule has 0 saturated carbocycles. The van der Waals surface area contributed by atoms with E-state index in [1.807, 2.05) is 0 Å². The molecule has 0 atom stereocenters. The van der Waals surface area contributed by atoms with Crippen LogP contribution in [0.2, 0.25) is 58.9 Å². The van der Waals surface area contributed by atoms with E-state index in [0.717, 1.165) is 0 Å². The number of rotatable bonds is 5. The van der Waals surface area contributed by atoms with Gasteiger partial charge in [-0.2, -0.15) is 0 Å². The summed E-state index contributed by atoms with van der Waals surface area (Å²) in [7, 11) is -4.09. The Bertz CT molecular complexity index is 307. The van der Waals surface area contributed by atoms with Gasteiger partial charge in [0.05, 0.1) is 6.63 Å². The van der Waals surface area contributed by atoms with Gasteiger partial charge >= 0.3 is 5.97 Å². The molecule has 0 aromatic carbocycles. The van der Waals surface area contributed by atoms with Crippen molar-refractivity contribution < 1.29 is 9.90 Å². The fourth-order valence-corrected chi connectivity index (χ4v) is 99.2. The maximum absolute atomic E-state index is 11.0. The molecule has 0 spiro atoms. The lowest BCUT2D eigenvalue weighted by molar-refractivity contribution is -0.131. The van der Waals surface area contributed by atoms with Crippen molar-refractivity contribution >= 4 is 35.4 Å². The van der Waals surface area contributed by atoms with Gasteiger partial charge in [-0.3, -0.25) is 0 Å². The van der Waals surface area contributed by atoms with Crippen LogP contribution in [-0.4, -0.2) is 40.5 Å². The molecular formula is C12H30O2Si4. The first-order valence-corrected chi connectivity index (χ1v) is 22.2. The van der Waals surface area contributed by atoms with Gasteiger partial charge in [0, 0.05) is 28.9 Å². The average molecular weight is 319 g/mol. The molecule has 0 heterocycles. The third-order valence-corrected chi connectivity index (χ3v) is 75.1. The van der Waals surface area contributed by atoms with Gasteiger partial charge in [-0.1, -0.05) is 64.6 Å². The van der Waals surface area contributed by atoms with E-state index in [1.54, 1.807) is 0 Å². The fraction of sp³-hybridized carbons (Fsp3) is 0.750. The highest BCUT2D eigenvalue weighted by Crippen LogP contribution is 2.37. The number of hydrogen-bond donors (Lipinski definition) is 1. The second-order valence-electron chi connectivity index (χ2n) is 8.23. The van der Waals surface area contributed by atoms with Crippen LogP contribution in [-0.2, 0) is 4.79 Å². The second kappa shape index (κ2) is 5.22. The van der Waals surface area contributed by atoms with Crippen LogP contribution >= 0.6 is 0 Å². The molecule has 0 unspecified atom stereocenters. The van der Waals surface area contributed by atoms with E-state index >= 15 is 0 Å². The molecule has 0 saturated heterocycles. The molecule has 0 aromatic rings. The Morgan fingerprint density at radius 3 is 1.22 bits per heavy atom. The van der Waals surface area contributed by atoms with Gasteiger partial charge in [0.15, 0.2) is 0 Å². The minimum absolute atomic E-state index is 0.776. The first-order valence-electron chi connectivity index (χ1n) is 6.59. The summed E-state index contributed by atoms with van der Waals surface area (Å²) >= 11 is 0. The van der Waals surface area contributed by atoms with Gasteiger partial charge in [-0.25, -0.2) is 4.79 Å². The van der Waals surface area contributed by atoms with Crippen molar-refractivity contribution in [3.63, 3.8) is 0 Å². The van der Waals surface area contributed by atoms with E-state index < -0.39 is 35.4 Å². The van der Waals surface area contributed by atoms with Gasteiger partial charge in [-0.15, -0.1) is 0 Å². The zero-order valence-electron chi connectivity index (χ0n) is 13.5. The van der Waals surface area contributed by atoms with Crippen LogP contribution in [0.3, 0.4) is 0 Å². The molecule has 0 amide bonds. The van der Waals surface area contributed by atoms with E-state index in [2.05, 4.69) is 64.6 Å². The fourth-order valence-electron chi connectivity index (χ4n) is 4.32. The highest BCUT2D eigenvalue weighted by molar-refractivity contribution is 7.90. The molecule has 0 rings (SSSR count). The molecular weight excluding hydrogens is 288 g/mol. The van der Waals surface area contributed by atoms with Crippen LogP contribution in [0.15, 0.2) is 11.8 Å². The molecule has 0 radical (unpaired) electrons. The molecule has 0 bridgehead atoms. The van der Waals surface area contributed by atoms with Gasteiger partial charge in [0.2, 0.25) is 0 Å². The Labute approximate surface area is 116 Å². The minimum Gasteiger partial charge on any atom is -0.478 e. The second-order valence-corrected chi connectivity index (χ2v) is 48.8. The van der Waals surface area contributed by atoms with E-state index in [0.29, 0.717) is 0 Å².